The molecule has 29 heavy (non-hydrogen) atoms. The van der Waals surface area contributed by atoms with E-state index in [1.165, 1.54) is 7.11 Å². The van der Waals surface area contributed by atoms with E-state index in [0.717, 1.165) is 37.2 Å². The molecule has 2 amide bonds. The van der Waals surface area contributed by atoms with Gasteiger partial charge in [0.1, 0.15) is 11.4 Å². The van der Waals surface area contributed by atoms with Crippen molar-refractivity contribution in [1.29, 1.82) is 0 Å². The Kier molecular flexibility index (Phi) is 7.02. The molecule has 1 aromatic carbocycles. The number of anilines is 1. The van der Waals surface area contributed by atoms with Gasteiger partial charge in [0.25, 0.3) is 0 Å². The maximum absolute atomic E-state index is 12.4. The molecule has 0 radical (unpaired) electrons. The van der Waals surface area contributed by atoms with Crippen LogP contribution in [0.5, 0.6) is 11.6 Å². The lowest BCUT2D eigenvalue weighted by Crippen LogP contribution is -2.41. The number of carbonyl (C=O) groups is 2. The monoisotopic (exact) mass is 398 g/mol. The third-order valence-electron chi connectivity index (χ3n) is 4.96. The van der Waals surface area contributed by atoms with Crippen LogP contribution in [0.3, 0.4) is 0 Å². The molecule has 1 aliphatic heterocycles. The fourth-order valence-corrected chi connectivity index (χ4v) is 3.43. The maximum Gasteiger partial charge on any atom is 0.313 e. The van der Waals surface area contributed by atoms with E-state index < -0.39 is 11.8 Å². The maximum atomic E-state index is 12.4. The first-order valence-corrected chi connectivity index (χ1v) is 9.58. The van der Waals surface area contributed by atoms with E-state index in [-0.39, 0.29) is 11.9 Å². The first kappa shape index (κ1) is 20.6. The molecule has 1 fully saturated rings. The molecule has 1 saturated heterocycles. The van der Waals surface area contributed by atoms with Crippen LogP contribution in [0.15, 0.2) is 42.6 Å². The molecule has 0 bridgehead atoms. The summed E-state index contributed by atoms with van der Waals surface area (Å²) >= 11 is 0. The van der Waals surface area contributed by atoms with Crippen LogP contribution in [-0.4, -0.2) is 55.6 Å². The minimum Gasteiger partial charge on any atom is -0.497 e. The zero-order chi connectivity index (χ0) is 20.6. The molecule has 3 rings (SSSR count). The molecule has 1 atom stereocenters. The van der Waals surface area contributed by atoms with Crippen LogP contribution in [0, 0.1) is 0 Å². The highest BCUT2D eigenvalue weighted by Crippen LogP contribution is 2.26. The molecule has 0 aliphatic carbocycles. The van der Waals surface area contributed by atoms with E-state index >= 15 is 0 Å². The van der Waals surface area contributed by atoms with Gasteiger partial charge < -0.3 is 20.1 Å². The zero-order valence-electron chi connectivity index (χ0n) is 16.7. The molecule has 0 unspecified atom stereocenters. The third-order valence-corrected chi connectivity index (χ3v) is 4.96. The number of rotatable bonds is 7. The number of hydrogen-bond acceptors (Lipinski definition) is 6. The summed E-state index contributed by atoms with van der Waals surface area (Å²) < 4.78 is 10.3. The molecule has 2 aromatic rings. The Balaban J connectivity index is 1.64. The molecule has 1 aliphatic rings. The first-order chi connectivity index (χ1) is 14.1. The topological polar surface area (TPSA) is 92.8 Å². The summed E-state index contributed by atoms with van der Waals surface area (Å²) in [6.45, 7) is 2.26. The van der Waals surface area contributed by atoms with Crippen LogP contribution in [0.2, 0.25) is 0 Å². The van der Waals surface area contributed by atoms with E-state index in [9.17, 15) is 9.59 Å². The van der Waals surface area contributed by atoms with E-state index in [0.29, 0.717) is 12.2 Å². The lowest BCUT2D eigenvalue weighted by atomic mass is 10.1. The minimum atomic E-state index is -0.758. The van der Waals surface area contributed by atoms with Crippen molar-refractivity contribution in [1.82, 2.24) is 15.2 Å². The molecule has 0 spiro atoms. The van der Waals surface area contributed by atoms with E-state index in [4.69, 9.17) is 9.47 Å². The average molecular weight is 398 g/mol. The first-order valence-electron chi connectivity index (χ1n) is 9.58. The average Bonchev–Trinajstić information content (AvgIpc) is 3.29. The van der Waals surface area contributed by atoms with Crippen LogP contribution in [0.4, 0.5) is 5.69 Å². The lowest BCUT2D eigenvalue weighted by molar-refractivity contribution is -0.136. The van der Waals surface area contributed by atoms with Crippen molar-refractivity contribution in [3.05, 3.63) is 48.2 Å². The molecule has 2 heterocycles. The van der Waals surface area contributed by atoms with Crippen molar-refractivity contribution in [2.45, 2.75) is 18.9 Å². The fourth-order valence-electron chi connectivity index (χ4n) is 3.43. The van der Waals surface area contributed by atoms with Gasteiger partial charge in [-0.3, -0.25) is 14.5 Å². The summed E-state index contributed by atoms with van der Waals surface area (Å²) in [5.41, 5.74) is 1.42. The Morgan fingerprint density at radius 1 is 1.07 bits per heavy atom. The molecular weight excluding hydrogens is 372 g/mol. The van der Waals surface area contributed by atoms with Gasteiger partial charge >= 0.3 is 11.8 Å². The summed E-state index contributed by atoms with van der Waals surface area (Å²) in [7, 11) is 3.08. The second kappa shape index (κ2) is 9.88. The summed E-state index contributed by atoms with van der Waals surface area (Å²) in [6, 6.07) is 11.1. The van der Waals surface area contributed by atoms with Crippen molar-refractivity contribution in [2.24, 2.45) is 0 Å². The summed E-state index contributed by atoms with van der Waals surface area (Å²) in [5, 5.41) is 5.30. The van der Waals surface area contributed by atoms with Crippen LogP contribution < -0.4 is 20.1 Å². The predicted octanol–water partition coefficient (Wildman–Crippen LogP) is 1.99. The third kappa shape index (κ3) is 5.23. The van der Waals surface area contributed by atoms with Crippen molar-refractivity contribution in [3.8, 4) is 11.6 Å². The van der Waals surface area contributed by atoms with E-state index in [1.807, 2.05) is 24.3 Å². The smallest absolute Gasteiger partial charge is 0.313 e. The Morgan fingerprint density at radius 2 is 1.79 bits per heavy atom. The molecule has 8 heteroatoms. The lowest BCUT2D eigenvalue weighted by Gasteiger charge is -2.28. The van der Waals surface area contributed by atoms with Gasteiger partial charge in [0.2, 0.25) is 5.88 Å². The van der Waals surface area contributed by atoms with Crippen LogP contribution in [0.1, 0.15) is 24.4 Å². The van der Waals surface area contributed by atoms with Crippen molar-refractivity contribution in [3.63, 3.8) is 0 Å². The highest BCUT2D eigenvalue weighted by atomic mass is 16.5. The fraction of sp³-hybridized carbons (Fsp3) is 0.381. The molecule has 154 valence electrons. The number of amides is 2. The normalized spacial score (nSPS) is 14.8. The minimum absolute atomic E-state index is 0.00640. The Morgan fingerprint density at radius 3 is 2.45 bits per heavy atom. The van der Waals surface area contributed by atoms with Gasteiger partial charge in [-0.05, 0) is 55.8 Å². The second-order valence-electron chi connectivity index (χ2n) is 6.76. The summed E-state index contributed by atoms with van der Waals surface area (Å²) in [4.78, 5) is 31.0. The number of aromatic nitrogens is 1. The van der Waals surface area contributed by atoms with Gasteiger partial charge in [0.15, 0.2) is 0 Å². The van der Waals surface area contributed by atoms with Crippen LogP contribution in [-0.2, 0) is 9.59 Å². The highest BCUT2D eigenvalue weighted by molar-refractivity contribution is 6.39. The predicted molar refractivity (Wildman–Crippen MR) is 109 cm³/mol. The standard InChI is InChI=1S/C21H26N4O4/c1-28-16-9-7-15(8-10-16)18(25-12-3-4-13-25)14-23-19(26)20(27)24-17-6-5-11-22-21(17)29-2/h5-11,18H,3-4,12-14H2,1-2H3,(H,23,26)(H,24,27)/t18-/m1/s1. The van der Waals surface area contributed by atoms with Crippen LogP contribution >= 0.6 is 0 Å². The number of nitrogens with one attached hydrogen (secondary N) is 2. The quantitative estimate of drug-likeness (QED) is 0.693. The number of pyridine rings is 1. The number of nitrogens with zero attached hydrogens (tertiary/aromatic N) is 2. The number of ether oxygens (including phenoxy) is 2. The molecule has 1 aromatic heterocycles. The molecule has 2 N–H and O–H groups in total. The summed E-state index contributed by atoms with van der Waals surface area (Å²) in [6.07, 6.45) is 3.80. The number of likely N-dealkylation sites (tertiary alicyclic amines) is 1. The summed E-state index contributed by atoms with van der Waals surface area (Å²) in [5.74, 6) is -0.426. The SMILES string of the molecule is COc1ccc([C@@H](CNC(=O)C(=O)Nc2cccnc2OC)N2CCCC2)cc1. The van der Waals surface area contributed by atoms with E-state index in [1.54, 1.807) is 25.4 Å². The second-order valence-corrected chi connectivity index (χ2v) is 6.76. The Bertz CT molecular complexity index is 835. The van der Waals surface area contributed by atoms with Crippen molar-refractivity contribution in [2.75, 3.05) is 39.2 Å². The molecule has 8 nitrogen and oxygen atoms in total. The van der Waals surface area contributed by atoms with Gasteiger partial charge in [-0.1, -0.05) is 12.1 Å². The Labute approximate surface area is 170 Å². The molecular formula is C21H26N4O4. The molecule has 0 saturated carbocycles. The van der Waals surface area contributed by atoms with E-state index in [2.05, 4.69) is 20.5 Å². The van der Waals surface area contributed by atoms with Gasteiger partial charge in [0, 0.05) is 12.7 Å². The van der Waals surface area contributed by atoms with Gasteiger partial charge in [-0.15, -0.1) is 0 Å². The largest absolute Gasteiger partial charge is 0.497 e. The number of benzene rings is 1. The van der Waals surface area contributed by atoms with Crippen molar-refractivity contribution >= 4 is 17.5 Å². The van der Waals surface area contributed by atoms with Gasteiger partial charge in [0.05, 0.1) is 20.3 Å². The van der Waals surface area contributed by atoms with Gasteiger partial charge in [-0.25, -0.2) is 4.98 Å². The van der Waals surface area contributed by atoms with Gasteiger partial charge in [-0.2, -0.15) is 0 Å². The number of carbonyl (C=O) groups excluding carboxylic acids is 2. The van der Waals surface area contributed by atoms with Crippen LogP contribution in [0.25, 0.3) is 0 Å². The number of methoxy groups -OCH3 is 2. The number of hydrogen-bond donors (Lipinski definition) is 2. The highest BCUT2D eigenvalue weighted by Gasteiger charge is 2.25. The van der Waals surface area contributed by atoms with Crippen molar-refractivity contribution < 1.29 is 19.1 Å². The Hall–Kier alpha value is -3.13. The zero-order valence-corrected chi connectivity index (χ0v) is 16.7.